The number of hydrogen-bond acceptors (Lipinski definition) is 2. The van der Waals surface area contributed by atoms with Gasteiger partial charge >= 0.3 is 0 Å². The van der Waals surface area contributed by atoms with Crippen LogP contribution in [0.1, 0.15) is 57.8 Å². The molecule has 0 aliphatic heterocycles. The Morgan fingerprint density at radius 3 is 2.33 bits per heavy atom. The van der Waals surface area contributed by atoms with Crippen molar-refractivity contribution in [2.45, 2.75) is 63.9 Å². The summed E-state index contributed by atoms with van der Waals surface area (Å²) in [5.74, 6) is 1.26. The van der Waals surface area contributed by atoms with E-state index in [-0.39, 0.29) is 12.0 Å². The molecule has 1 N–H and O–H groups in total. The summed E-state index contributed by atoms with van der Waals surface area (Å²) in [6, 6.07) is 0. The average molecular weight is 253 g/mol. The van der Waals surface area contributed by atoms with Crippen LogP contribution in [-0.4, -0.2) is 35.6 Å². The largest absolute Gasteiger partial charge is 0.391 e. The maximum Gasteiger partial charge on any atom is 0.222 e. The molecule has 2 aliphatic rings. The van der Waals surface area contributed by atoms with E-state index in [1.165, 1.54) is 38.5 Å². The number of aliphatic hydroxyl groups is 1. The highest BCUT2D eigenvalue weighted by atomic mass is 16.3. The van der Waals surface area contributed by atoms with E-state index in [1.54, 1.807) is 4.90 Å². The van der Waals surface area contributed by atoms with E-state index in [1.807, 2.05) is 7.05 Å². The zero-order chi connectivity index (χ0) is 13.0. The van der Waals surface area contributed by atoms with Crippen molar-refractivity contribution in [1.29, 1.82) is 0 Å². The number of aliphatic hydroxyl groups excluding tert-OH is 1. The predicted molar refractivity (Wildman–Crippen MR) is 72.2 cm³/mol. The monoisotopic (exact) mass is 253 g/mol. The lowest BCUT2D eigenvalue weighted by Gasteiger charge is -2.23. The first-order valence-electron chi connectivity index (χ1n) is 7.59. The zero-order valence-electron chi connectivity index (χ0n) is 11.6. The molecule has 0 saturated heterocycles. The third-order valence-corrected chi connectivity index (χ3v) is 4.49. The van der Waals surface area contributed by atoms with Crippen LogP contribution in [0.3, 0.4) is 0 Å². The molecule has 2 aliphatic carbocycles. The lowest BCUT2D eigenvalue weighted by molar-refractivity contribution is -0.132. The summed E-state index contributed by atoms with van der Waals surface area (Å²) < 4.78 is 0. The lowest BCUT2D eigenvalue weighted by atomic mass is 9.96. The van der Waals surface area contributed by atoms with Gasteiger partial charge in [-0.3, -0.25) is 4.79 Å². The standard InChI is InChI=1S/C15H27NO2/c1-16(11-14(17)13-8-9-13)15(18)10-12-6-4-2-3-5-7-12/h12-14,17H,2-11H2,1H3. The summed E-state index contributed by atoms with van der Waals surface area (Å²) in [6.07, 6.45) is 10.3. The minimum Gasteiger partial charge on any atom is -0.391 e. The summed E-state index contributed by atoms with van der Waals surface area (Å²) in [4.78, 5) is 13.9. The molecule has 1 amide bonds. The molecule has 0 radical (unpaired) electrons. The van der Waals surface area contributed by atoms with Gasteiger partial charge in [0.1, 0.15) is 0 Å². The minimum atomic E-state index is -0.298. The maximum atomic E-state index is 12.1. The smallest absolute Gasteiger partial charge is 0.222 e. The fourth-order valence-corrected chi connectivity index (χ4v) is 2.98. The highest BCUT2D eigenvalue weighted by Crippen LogP contribution is 2.33. The molecule has 2 saturated carbocycles. The summed E-state index contributed by atoms with van der Waals surface area (Å²) in [5, 5.41) is 9.87. The maximum absolute atomic E-state index is 12.1. The second kappa shape index (κ2) is 6.55. The Balaban J connectivity index is 1.71. The molecule has 3 nitrogen and oxygen atoms in total. The van der Waals surface area contributed by atoms with E-state index < -0.39 is 0 Å². The molecule has 18 heavy (non-hydrogen) atoms. The number of rotatable bonds is 5. The number of hydrogen-bond donors (Lipinski definition) is 1. The van der Waals surface area contributed by atoms with E-state index in [0.29, 0.717) is 24.8 Å². The molecule has 0 aromatic carbocycles. The third kappa shape index (κ3) is 4.27. The topological polar surface area (TPSA) is 40.5 Å². The van der Waals surface area contributed by atoms with E-state index in [2.05, 4.69) is 0 Å². The van der Waals surface area contributed by atoms with Gasteiger partial charge in [-0.2, -0.15) is 0 Å². The summed E-state index contributed by atoms with van der Waals surface area (Å²) in [7, 11) is 1.84. The van der Waals surface area contributed by atoms with Crippen LogP contribution in [0.5, 0.6) is 0 Å². The lowest BCUT2D eigenvalue weighted by Crippen LogP contribution is -2.36. The number of nitrogens with zero attached hydrogens (tertiary/aromatic N) is 1. The molecule has 0 aromatic heterocycles. The van der Waals surface area contributed by atoms with Gasteiger partial charge in [0.25, 0.3) is 0 Å². The Kier molecular flexibility index (Phi) is 5.04. The van der Waals surface area contributed by atoms with E-state index in [4.69, 9.17) is 0 Å². The molecule has 104 valence electrons. The van der Waals surface area contributed by atoms with Gasteiger partial charge in [0, 0.05) is 20.0 Å². The van der Waals surface area contributed by atoms with Gasteiger partial charge in [-0.15, -0.1) is 0 Å². The second-order valence-corrected chi connectivity index (χ2v) is 6.24. The third-order valence-electron chi connectivity index (χ3n) is 4.49. The number of amides is 1. The highest BCUT2D eigenvalue weighted by molar-refractivity contribution is 5.76. The average Bonchev–Trinajstić information content (AvgIpc) is 3.16. The Bertz CT molecular complexity index is 268. The van der Waals surface area contributed by atoms with E-state index >= 15 is 0 Å². The fraction of sp³-hybridized carbons (Fsp3) is 0.933. The molecule has 1 unspecified atom stereocenters. The van der Waals surface area contributed by atoms with E-state index in [0.717, 1.165) is 12.8 Å². The molecular weight excluding hydrogens is 226 g/mol. The SMILES string of the molecule is CN(CC(O)C1CC1)C(=O)CC1CCCCCC1. The van der Waals surface area contributed by atoms with Crippen LogP contribution in [0.4, 0.5) is 0 Å². The Morgan fingerprint density at radius 1 is 1.17 bits per heavy atom. The van der Waals surface area contributed by atoms with Crippen molar-refractivity contribution in [3.05, 3.63) is 0 Å². The fourth-order valence-electron chi connectivity index (χ4n) is 2.98. The molecule has 3 heteroatoms. The molecule has 0 spiro atoms. The van der Waals surface area contributed by atoms with Crippen LogP contribution in [0.15, 0.2) is 0 Å². The van der Waals surface area contributed by atoms with Crippen molar-refractivity contribution in [2.75, 3.05) is 13.6 Å². The molecule has 0 bridgehead atoms. The summed E-state index contributed by atoms with van der Waals surface area (Å²) in [5.41, 5.74) is 0. The second-order valence-electron chi connectivity index (χ2n) is 6.24. The van der Waals surface area contributed by atoms with Gasteiger partial charge in [-0.1, -0.05) is 25.7 Å². The van der Waals surface area contributed by atoms with Crippen LogP contribution in [0, 0.1) is 11.8 Å². The first-order valence-corrected chi connectivity index (χ1v) is 7.59. The molecule has 0 aromatic rings. The van der Waals surface area contributed by atoms with Crippen molar-refractivity contribution in [3.8, 4) is 0 Å². The van der Waals surface area contributed by atoms with Crippen LogP contribution in [0.25, 0.3) is 0 Å². The van der Waals surface area contributed by atoms with Crippen molar-refractivity contribution in [3.63, 3.8) is 0 Å². The Hall–Kier alpha value is -0.570. The highest BCUT2D eigenvalue weighted by Gasteiger charge is 2.31. The Labute approximate surface area is 111 Å². The first kappa shape index (κ1) is 13.9. The van der Waals surface area contributed by atoms with Gasteiger partial charge in [0.05, 0.1) is 6.10 Å². The van der Waals surface area contributed by atoms with Crippen LogP contribution >= 0.6 is 0 Å². The molecule has 0 heterocycles. The van der Waals surface area contributed by atoms with E-state index in [9.17, 15) is 9.90 Å². The van der Waals surface area contributed by atoms with Crippen molar-refractivity contribution in [2.24, 2.45) is 11.8 Å². The van der Waals surface area contributed by atoms with Crippen LogP contribution in [0.2, 0.25) is 0 Å². The molecule has 1 atom stereocenters. The van der Waals surface area contributed by atoms with Crippen molar-refractivity contribution in [1.82, 2.24) is 4.90 Å². The van der Waals surface area contributed by atoms with Gasteiger partial charge in [0.2, 0.25) is 5.91 Å². The van der Waals surface area contributed by atoms with Gasteiger partial charge in [0.15, 0.2) is 0 Å². The van der Waals surface area contributed by atoms with Gasteiger partial charge < -0.3 is 10.0 Å². The molecular formula is C15H27NO2. The Morgan fingerprint density at radius 2 is 1.78 bits per heavy atom. The van der Waals surface area contributed by atoms with Crippen LogP contribution in [-0.2, 0) is 4.79 Å². The molecule has 2 rings (SSSR count). The summed E-state index contributed by atoms with van der Waals surface area (Å²) >= 11 is 0. The zero-order valence-corrected chi connectivity index (χ0v) is 11.6. The number of likely N-dealkylation sites (N-methyl/N-ethyl adjacent to an activating group) is 1. The first-order chi connectivity index (χ1) is 8.66. The quantitative estimate of drug-likeness (QED) is 0.765. The van der Waals surface area contributed by atoms with Crippen LogP contribution < -0.4 is 0 Å². The number of carbonyl (C=O) groups excluding carboxylic acids is 1. The minimum absolute atomic E-state index is 0.224. The summed E-state index contributed by atoms with van der Waals surface area (Å²) in [6.45, 7) is 0.524. The van der Waals surface area contributed by atoms with Gasteiger partial charge in [-0.25, -0.2) is 0 Å². The number of carbonyl (C=O) groups is 1. The molecule has 2 fully saturated rings. The predicted octanol–water partition coefficient (Wildman–Crippen LogP) is 2.58. The normalized spacial score (nSPS) is 23.4. The van der Waals surface area contributed by atoms with Gasteiger partial charge in [-0.05, 0) is 37.5 Å². The van der Waals surface area contributed by atoms with Crippen molar-refractivity contribution >= 4 is 5.91 Å². The van der Waals surface area contributed by atoms with Crippen molar-refractivity contribution < 1.29 is 9.90 Å².